The molecule has 2 amide bonds. The number of benzene rings is 1. The van der Waals surface area contributed by atoms with E-state index in [4.69, 9.17) is 0 Å². The highest BCUT2D eigenvalue weighted by Gasteiger charge is 2.12. The SMILES string of the molecule is O=C(Cc1csc(NC(=O)c2cccs2)n1)Nc1ccccc1O. The zero-order valence-electron chi connectivity index (χ0n) is 12.4. The highest BCUT2D eigenvalue weighted by Crippen LogP contribution is 2.22. The maximum absolute atomic E-state index is 12.0. The van der Waals surface area contributed by atoms with Crippen molar-refractivity contribution in [1.82, 2.24) is 4.98 Å². The number of thiophene rings is 1. The van der Waals surface area contributed by atoms with Gasteiger partial charge in [0.05, 0.1) is 22.7 Å². The van der Waals surface area contributed by atoms with Crippen LogP contribution in [-0.2, 0) is 11.2 Å². The number of hydrogen-bond donors (Lipinski definition) is 3. The van der Waals surface area contributed by atoms with Gasteiger partial charge in [-0.2, -0.15) is 0 Å². The molecule has 3 rings (SSSR count). The molecule has 0 atom stereocenters. The van der Waals surface area contributed by atoms with Gasteiger partial charge in [-0.1, -0.05) is 18.2 Å². The van der Waals surface area contributed by atoms with E-state index in [2.05, 4.69) is 15.6 Å². The number of thiazole rings is 1. The van der Waals surface area contributed by atoms with Gasteiger partial charge in [0, 0.05) is 5.38 Å². The fraction of sp³-hybridized carbons (Fsp3) is 0.0625. The van der Waals surface area contributed by atoms with Crippen molar-refractivity contribution in [2.24, 2.45) is 0 Å². The Morgan fingerprint density at radius 2 is 1.92 bits per heavy atom. The number of amides is 2. The van der Waals surface area contributed by atoms with E-state index in [9.17, 15) is 14.7 Å². The first-order chi connectivity index (χ1) is 11.6. The maximum atomic E-state index is 12.0. The summed E-state index contributed by atoms with van der Waals surface area (Å²) in [4.78, 5) is 28.8. The van der Waals surface area contributed by atoms with E-state index in [1.165, 1.54) is 28.7 Å². The van der Waals surface area contributed by atoms with Crippen molar-refractivity contribution in [3.63, 3.8) is 0 Å². The molecule has 2 aromatic heterocycles. The Bertz CT molecular complexity index is 859. The predicted octanol–water partition coefficient (Wildman–Crippen LogP) is 3.34. The number of hydrogen-bond acceptors (Lipinski definition) is 6. The number of phenolic OH excluding ortho intramolecular Hbond substituents is 1. The lowest BCUT2D eigenvalue weighted by molar-refractivity contribution is -0.115. The van der Waals surface area contributed by atoms with Gasteiger partial charge in [0.2, 0.25) is 5.91 Å². The second-order valence-corrected chi connectivity index (χ2v) is 6.62. The molecule has 0 aliphatic carbocycles. The van der Waals surface area contributed by atoms with Gasteiger partial charge < -0.3 is 10.4 Å². The molecule has 0 unspecified atom stereocenters. The quantitative estimate of drug-likeness (QED) is 0.609. The molecule has 122 valence electrons. The standard InChI is InChI=1S/C16H13N3O3S2/c20-12-5-2-1-4-11(12)18-14(21)8-10-9-24-16(17-10)19-15(22)13-6-3-7-23-13/h1-7,9,20H,8H2,(H,18,21)(H,17,19,22). The molecule has 0 spiro atoms. The highest BCUT2D eigenvalue weighted by molar-refractivity contribution is 7.14. The fourth-order valence-electron chi connectivity index (χ4n) is 1.95. The molecule has 1 aromatic carbocycles. The van der Waals surface area contributed by atoms with Crippen LogP contribution < -0.4 is 10.6 Å². The van der Waals surface area contributed by atoms with E-state index in [0.717, 1.165) is 0 Å². The van der Waals surface area contributed by atoms with E-state index in [-0.39, 0.29) is 24.0 Å². The van der Waals surface area contributed by atoms with Crippen molar-refractivity contribution >= 4 is 45.3 Å². The number of anilines is 2. The van der Waals surface area contributed by atoms with Crippen molar-refractivity contribution in [2.75, 3.05) is 10.6 Å². The van der Waals surface area contributed by atoms with Crippen molar-refractivity contribution < 1.29 is 14.7 Å². The molecular formula is C16H13N3O3S2. The molecule has 0 bridgehead atoms. The fourth-order valence-corrected chi connectivity index (χ4v) is 3.27. The van der Waals surface area contributed by atoms with Gasteiger partial charge in [0.1, 0.15) is 5.75 Å². The Balaban J connectivity index is 1.58. The third kappa shape index (κ3) is 3.98. The highest BCUT2D eigenvalue weighted by atomic mass is 32.1. The zero-order valence-corrected chi connectivity index (χ0v) is 14.0. The van der Waals surface area contributed by atoms with Crippen LogP contribution in [-0.4, -0.2) is 21.9 Å². The molecule has 0 aliphatic heterocycles. The second-order valence-electron chi connectivity index (χ2n) is 4.82. The summed E-state index contributed by atoms with van der Waals surface area (Å²) >= 11 is 2.61. The second kappa shape index (κ2) is 7.24. The zero-order chi connectivity index (χ0) is 16.9. The minimum atomic E-state index is -0.294. The molecule has 3 N–H and O–H groups in total. The van der Waals surface area contributed by atoms with Gasteiger partial charge in [-0.05, 0) is 23.6 Å². The number of nitrogens with zero attached hydrogens (tertiary/aromatic N) is 1. The van der Waals surface area contributed by atoms with Gasteiger partial charge in [-0.15, -0.1) is 22.7 Å². The van der Waals surface area contributed by atoms with Crippen LogP contribution in [0.4, 0.5) is 10.8 Å². The summed E-state index contributed by atoms with van der Waals surface area (Å²) in [6.07, 6.45) is 0.0553. The largest absolute Gasteiger partial charge is 0.506 e. The van der Waals surface area contributed by atoms with E-state index in [1.54, 1.807) is 35.7 Å². The number of aromatic nitrogens is 1. The number of rotatable bonds is 5. The number of carbonyl (C=O) groups is 2. The van der Waals surface area contributed by atoms with Crippen molar-refractivity contribution in [3.8, 4) is 5.75 Å². The number of carbonyl (C=O) groups excluding carboxylic acids is 2. The van der Waals surface area contributed by atoms with Crippen LogP contribution in [0, 0.1) is 0 Å². The lowest BCUT2D eigenvalue weighted by Crippen LogP contribution is -2.15. The van der Waals surface area contributed by atoms with Gasteiger partial charge in [0.15, 0.2) is 5.13 Å². The van der Waals surface area contributed by atoms with E-state index < -0.39 is 0 Å². The van der Waals surface area contributed by atoms with Crippen LogP contribution in [0.3, 0.4) is 0 Å². The number of para-hydroxylation sites is 2. The summed E-state index contributed by atoms with van der Waals surface area (Å²) in [5.74, 6) is -0.504. The van der Waals surface area contributed by atoms with Crippen molar-refractivity contribution in [3.05, 3.63) is 57.7 Å². The number of aromatic hydroxyl groups is 1. The smallest absolute Gasteiger partial charge is 0.267 e. The minimum Gasteiger partial charge on any atom is -0.506 e. The van der Waals surface area contributed by atoms with E-state index in [0.29, 0.717) is 21.4 Å². The molecule has 0 aliphatic rings. The monoisotopic (exact) mass is 359 g/mol. The number of nitrogens with one attached hydrogen (secondary N) is 2. The van der Waals surface area contributed by atoms with Crippen LogP contribution in [0.5, 0.6) is 5.75 Å². The number of phenols is 1. The Morgan fingerprint density at radius 3 is 2.67 bits per heavy atom. The van der Waals surface area contributed by atoms with Crippen LogP contribution in [0.1, 0.15) is 15.4 Å². The summed E-state index contributed by atoms with van der Waals surface area (Å²) < 4.78 is 0. The summed E-state index contributed by atoms with van der Waals surface area (Å²) in [5, 5.41) is 19.0. The molecule has 0 saturated carbocycles. The van der Waals surface area contributed by atoms with Gasteiger partial charge >= 0.3 is 0 Å². The average molecular weight is 359 g/mol. The lowest BCUT2D eigenvalue weighted by atomic mass is 10.2. The Kier molecular flexibility index (Phi) is 4.88. The van der Waals surface area contributed by atoms with Gasteiger partial charge in [-0.25, -0.2) is 4.98 Å². The Labute approximate surface area is 145 Å². The third-order valence-corrected chi connectivity index (χ3v) is 4.71. The van der Waals surface area contributed by atoms with Gasteiger partial charge in [-0.3, -0.25) is 14.9 Å². The molecule has 3 aromatic rings. The summed E-state index contributed by atoms with van der Waals surface area (Å²) in [5.41, 5.74) is 0.901. The first-order valence-corrected chi connectivity index (χ1v) is 8.75. The molecule has 8 heteroatoms. The molecule has 6 nitrogen and oxygen atoms in total. The average Bonchev–Trinajstić information content (AvgIpc) is 3.21. The molecule has 0 saturated heterocycles. The van der Waals surface area contributed by atoms with Crippen molar-refractivity contribution in [1.29, 1.82) is 0 Å². The van der Waals surface area contributed by atoms with Gasteiger partial charge in [0.25, 0.3) is 5.91 Å². The summed E-state index contributed by atoms with van der Waals surface area (Å²) in [7, 11) is 0. The van der Waals surface area contributed by atoms with E-state index >= 15 is 0 Å². The first-order valence-electron chi connectivity index (χ1n) is 6.99. The Morgan fingerprint density at radius 1 is 1.08 bits per heavy atom. The van der Waals surface area contributed by atoms with E-state index in [1.807, 2.05) is 5.38 Å². The Hall–Kier alpha value is -2.71. The summed E-state index contributed by atoms with van der Waals surface area (Å²) in [6, 6.07) is 10.0. The molecule has 2 heterocycles. The lowest BCUT2D eigenvalue weighted by Gasteiger charge is -2.05. The van der Waals surface area contributed by atoms with Crippen LogP contribution in [0.2, 0.25) is 0 Å². The molecule has 0 fully saturated rings. The maximum Gasteiger partial charge on any atom is 0.267 e. The predicted molar refractivity (Wildman–Crippen MR) is 94.8 cm³/mol. The van der Waals surface area contributed by atoms with Crippen LogP contribution >= 0.6 is 22.7 Å². The first kappa shape index (κ1) is 16.2. The topological polar surface area (TPSA) is 91.3 Å². The molecule has 0 radical (unpaired) electrons. The minimum absolute atomic E-state index is 0.00743. The summed E-state index contributed by atoms with van der Waals surface area (Å²) in [6.45, 7) is 0. The third-order valence-electron chi connectivity index (χ3n) is 3.04. The van der Waals surface area contributed by atoms with Crippen LogP contribution in [0.15, 0.2) is 47.2 Å². The van der Waals surface area contributed by atoms with Crippen LogP contribution in [0.25, 0.3) is 0 Å². The molecular weight excluding hydrogens is 346 g/mol. The molecule has 24 heavy (non-hydrogen) atoms. The van der Waals surface area contributed by atoms with Crippen molar-refractivity contribution in [2.45, 2.75) is 6.42 Å². The normalized spacial score (nSPS) is 10.3.